The summed E-state index contributed by atoms with van der Waals surface area (Å²) in [7, 11) is 1.16. The van der Waals surface area contributed by atoms with Crippen molar-refractivity contribution in [3.8, 4) is 0 Å². The highest BCUT2D eigenvalue weighted by Gasteiger charge is 2.21. The van der Waals surface area contributed by atoms with Crippen molar-refractivity contribution in [1.29, 1.82) is 0 Å². The number of alkyl halides is 1. The first-order valence-electron chi connectivity index (χ1n) is 7.28. The molecular weight excluding hydrogens is 308 g/mol. The molecule has 2 aromatic rings. The Morgan fingerprint density at radius 2 is 2.14 bits per heavy atom. The van der Waals surface area contributed by atoms with E-state index in [0.29, 0.717) is 11.6 Å². The third-order valence-corrected chi connectivity index (χ3v) is 4.73. The topological polar surface area (TPSA) is 52.7 Å². The summed E-state index contributed by atoms with van der Waals surface area (Å²) in [6.07, 6.45) is 4.54. The average molecular weight is 331 g/mol. The fourth-order valence-electron chi connectivity index (χ4n) is 2.68. The lowest BCUT2D eigenvalue weighted by atomic mass is 10.2. The molecule has 0 amide bonds. The van der Waals surface area contributed by atoms with Crippen molar-refractivity contribution in [1.82, 2.24) is 19.3 Å². The standard InChI is InChI=1S/C14H23ClN4OS/c1-5-6-11-13-14(18(3)17-11)19(12(9-15)16-13)10(2)7-8-21(4)20/h10H,5-9H2,1-4H3. The number of hydrogen-bond donors (Lipinski definition) is 0. The van der Waals surface area contributed by atoms with Crippen molar-refractivity contribution in [3.63, 3.8) is 0 Å². The summed E-state index contributed by atoms with van der Waals surface area (Å²) in [4.78, 5) is 4.69. The highest BCUT2D eigenvalue weighted by atomic mass is 35.5. The predicted octanol–water partition coefficient (Wildman–Crippen LogP) is 2.79. The summed E-state index contributed by atoms with van der Waals surface area (Å²) in [6, 6.07) is 0.206. The fraction of sp³-hybridized carbons (Fsp3) is 0.714. The highest BCUT2D eigenvalue weighted by molar-refractivity contribution is 7.84. The van der Waals surface area contributed by atoms with Crippen molar-refractivity contribution in [2.45, 2.75) is 45.0 Å². The molecule has 0 aliphatic rings. The van der Waals surface area contributed by atoms with Gasteiger partial charge in [0.15, 0.2) is 5.65 Å². The lowest BCUT2D eigenvalue weighted by molar-refractivity contribution is 0.518. The second kappa shape index (κ2) is 6.92. The minimum atomic E-state index is -0.782. The van der Waals surface area contributed by atoms with Crippen molar-refractivity contribution < 1.29 is 4.21 Å². The van der Waals surface area contributed by atoms with Gasteiger partial charge in [0.2, 0.25) is 0 Å². The van der Waals surface area contributed by atoms with Crippen LogP contribution in [0.3, 0.4) is 0 Å². The summed E-state index contributed by atoms with van der Waals surface area (Å²) in [5.41, 5.74) is 3.01. The Balaban J connectivity index is 2.47. The maximum Gasteiger partial charge on any atom is 0.158 e. The van der Waals surface area contributed by atoms with Crippen LogP contribution in [0.5, 0.6) is 0 Å². The number of halogens is 1. The first kappa shape index (κ1) is 16.5. The predicted molar refractivity (Wildman–Crippen MR) is 88.3 cm³/mol. The fourth-order valence-corrected chi connectivity index (χ4v) is 3.54. The molecule has 0 aliphatic heterocycles. The number of hydrogen-bond acceptors (Lipinski definition) is 3. The van der Waals surface area contributed by atoms with E-state index in [4.69, 9.17) is 16.6 Å². The van der Waals surface area contributed by atoms with Gasteiger partial charge in [-0.25, -0.2) is 4.98 Å². The molecule has 118 valence electrons. The molecule has 7 heteroatoms. The third-order valence-electron chi connectivity index (χ3n) is 3.68. The molecule has 2 heterocycles. The van der Waals surface area contributed by atoms with Crippen LogP contribution >= 0.6 is 11.6 Å². The van der Waals surface area contributed by atoms with Crippen molar-refractivity contribution in [2.24, 2.45) is 7.05 Å². The molecule has 0 aromatic carbocycles. The smallest absolute Gasteiger partial charge is 0.158 e. The SMILES string of the molecule is CCCc1nn(C)c2c1nc(CCl)n2C(C)CCS(C)=O. The van der Waals surface area contributed by atoms with Gasteiger partial charge in [0.1, 0.15) is 11.3 Å². The zero-order chi connectivity index (χ0) is 15.6. The van der Waals surface area contributed by atoms with Gasteiger partial charge in [0, 0.05) is 35.9 Å². The molecule has 0 spiro atoms. The quantitative estimate of drug-likeness (QED) is 0.733. The average Bonchev–Trinajstić information content (AvgIpc) is 2.95. The molecule has 21 heavy (non-hydrogen) atoms. The minimum Gasteiger partial charge on any atom is -0.309 e. The van der Waals surface area contributed by atoms with Gasteiger partial charge in [0.05, 0.1) is 11.6 Å². The first-order chi connectivity index (χ1) is 9.99. The molecule has 0 saturated heterocycles. The summed E-state index contributed by atoms with van der Waals surface area (Å²) >= 11 is 6.08. The second-order valence-corrected chi connectivity index (χ2v) is 7.26. The normalized spacial score (nSPS) is 14.7. The van der Waals surface area contributed by atoms with E-state index in [2.05, 4.69) is 23.5 Å². The van der Waals surface area contributed by atoms with Crippen LogP contribution in [0, 0.1) is 0 Å². The molecule has 0 bridgehead atoms. The Morgan fingerprint density at radius 1 is 1.43 bits per heavy atom. The molecule has 2 unspecified atom stereocenters. The maximum atomic E-state index is 11.3. The number of aryl methyl sites for hydroxylation is 2. The van der Waals surface area contributed by atoms with Crippen molar-refractivity contribution in [2.75, 3.05) is 12.0 Å². The van der Waals surface area contributed by atoms with Gasteiger partial charge in [-0.3, -0.25) is 8.89 Å². The van der Waals surface area contributed by atoms with Gasteiger partial charge in [-0.2, -0.15) is 5.10 Å². The Bertz CT molecular complexity index is 649. The molecule has 0 fully saturated rings. The molecule has 2 aromatic heterocycles. The molecule has 0 radical (unpaired) electrons. The van der Waals surface area contributed by atoms with E-state index in [9.17, 15) is 4.21 Å². The second-order valence-electron chi connectivity index (χ2n) is 5.44. The van der Waals surface area contributed by atoms with Gasteiger partial charge >= 0.3 is 0 Å². The van der Waals surface area contributed by atoms with E-state index in [-0.39, 0.29) is 6.04 Å². The van der Waals surface area contributed by atoms with Gasteiger partial charge in [0.25, 0.3) is 0 Å². The highest BCUT2D eigenvalue weighted by Crippen LogP contribution is 2.26. The van der Waals surface area contributed by atoms with Crippen LogP contribution in [-0.2, 0) is 30.1 Å². The van der Waals surface area contributed by atoms with E-state index in [1.807, 2.05) is 11.7 Å². The summed E-state index contributed by atoms with van der Waals surface area (Å²) in [5.74, 6) is 1.92. The van der Waals surface area contributed by atoms with Crippen molar-refractivity contribution >= 4 is 33.6 Å². The Morgan fingerprint density at radius 3 is 2.71 bits per heavy atom. The van der Waals surface area contributed by atoms with Crippen LogP contribution in [0.1, 0.15) is 44.2 Å². The lowest BCUT2D eigenvalue weighted by Crippen LogP contribution is -2.13. The number of aromatic nitrogens is 4. The Kier molecular flexibility index (Phi) is 5.43. The molecule has 0 N–H and O–H groups in total. The molecule has 5 nitrogen and oxygen atoms in total. The zero-order valence-electron chi connectivity index (χ0n) is 13.1. The van der Waals surface area contributed by atoms with Gasteiger partial charge in [-0.15, -0.1) is 11.6 Å². The summed E-state index contributed by atoms with van der Waals surface area (Å²) in [6.45, 7) is 4.26. The monoisotopic (exact) mass is 330 g/mol. The van der Waals surface area contributed by atoms with Gasteiger partial charge in [-0.1, -0.05) is 13.3 Å². The van der Waals surface area contributed by atoms with Gasteiger partial charge in [-0.05, 0) is 19.8 Å². The molecule has 0 aliphatic carbocycles. The number of nitrogens with zero attached hydrogens (tertiary/aromatic N) is 4. The van der Waals surface area contributed by atoms with E-state index >= 15 is 0 Å². The van der Waals surface area contributed by atoms with Crippen LogP contribution in [0.4, 0.5) is 0 Å². The first-order valence-corrected chi connectivity index (χ1v) is 9.54. The van der Waals surface area contributed by atoms with Crippen LogP contribution in [0.25, 0.3) is 11.2 Å². The van der Waals surface area contributed by atoms with Crippen LogP contribution in [-0.4, -0.2) is 35.5 Å². The summed E-state index contributed by atoms with van der Waals surface area (Å²) in [5, 5.41) is 4.58. The van der Waals surface area contributed by atoms with E-state index in [0.717, 1.165) is 41.9 Å². The van der Waals surface area contributed by atoms with E-state index in [1.54, 1.807) is 6.26 Å². The molecule has 0 saturated carbocycles. The maximum absolute atomic E-state index is 11.3. The van der Waals surface area contributed by atoms with Crippen LogP contribution in [0.2, 0.25) is 0 Å². The third kappa shape index (κ3) is 3.31. The van der Waals surface area contributed by atoms with Gasteiger partial charge < -0.3 is 4.57 Å². The largest absolute Gasteiger partial charge is 0.309 e. The van der Waals surface area contributed by atoms with Crippen LogP contribution < -0.4 is 0 Å². The molecular formula is C14H23ClN4OS. The van der Waals surface area contributed by atoms with Crippen LogP contribution in [0.15, 0.2) is 0 Å². The Labute approximate surface area is 133 Å². The summed E-state index contributed by atoms with van der Waals surface area (Å²) < 4.78 is 15.4. The van der Waals surface area contributed by atoms with E-state index in [1.165, 1.54) is 0 Å². The Hall–Kier alpha value is -0.880. The lowest BCUT2D eigenvalue weighted by Gasteiger charge is -2.16. The zero-order valence-corrected chi connectivity index (χ0v) is 14.7. The number of fused-ring (bicyclic) bond motifs is 1. The minimum absolute atomic E-state index is 0.206. The molecule has 2 rings (SSSR count). The molecule has 2 atom stereocenters. The van der Waals surface area contributed by atoms with E-state index < -0.39 is 10.8 Å². The van der Waals surface area contributed by atoms with Crippen molar-refractivity contribution in [3.05, 3.63) is 11.5 Å². The number of imidazole rings is 1. The number of rotatable bonds is 7.